The maximum Gasteiger partial charge on any atom is 0.248 e. The van der Waals surface area contributed by atoms with Gasteiger partial charge in [-0.3, -0.25) is 0 Å². The van der Waals surface area contributed by atoms with Crippen molar-refractivity contribution in [3.8, 4) is 103 Å². The molecule has 0 unspecified atom stereocenters. The van der Waals surface area contributed by atoms with Gasteiger partial charge in [0.15, 0.2) is 34.5 Å². The largest absolute Gasteiger partial charge is 0.490 e. The molecule has 0 saturated carbocycles. The van der Waals surface area contributed by atoms with Crippen molar-refractivity contribution in [2.45, 2.75) is 347 Å². The summed E-state index contributed by atoms with van der Waals surface area (Å²) in [6.07, 6.45) is 59.3. The van der Waals surface area contributed by atoms with Gasteiger partial charge in [0.1, 0.15) is 0 Å². The Morgan fingerprint density at radius 2 is 0.308 bits per heavy atom. The van der Waals surface area contributed by atoms with Crippen molar-refractivity contribution in [3.63, 3.8) is 0 Å². The minimum Gasteiger partial charge on any atom is -0.490 e. The van der Waals surface area contributed by atoms with Crippen LogP contribution in [0.25, 0.3) is 68.7 Å². The Balaban J connectivity index is 1.15. The number of ether oxygens (including phenoxy) is 6. The molecule has 0 fully saturated rings. The third kappa shape index (κ3) is 41.6. The quantitative estimate of drug-likeness (QED) is 0.0193. The summed E-state index contributed by atoms with van der Waals surface area (Å²) in [5.74, 6) is 5.41. The lowest BCUT2D eigenvalue weighted by atomic mass is 10.1. The monoisotopic (exact) mass is 1630 g/mol. The average Bonchev–Trinajstić information content (AvgIpc) is 1.65. The molecule has 3 aromatic heterocycles. The van der Waals surface area contributed by atoms with Gasteiger partial charge < -0.3 is 72.3 Å². The summed E-state index contributed by atoms with van der Waals surface area (Å²) in [7, 11) is 0. The maximum atomic E-state index is 9.19. The third-order valence-corrected chi connectivity index (χ3v) is 21.9. The Morgan fingerprint density at radius 3 is 0.479 bits per heavy atom. The number of hydrogen-bond acceptors (Lipinski definition) is 21. The molecule has 7 rings (SSSR count). The van der Waals surface area contributed by atoms with Gasteiger partial charge in [-0.2, -0.15) is 0 Å². The van der Waals surface area contributed by atoms with Crippen molar-refractivity contribution >= 4 is 0 Å². The van der Waals surface area contributed by atoms with Crippen LogP contribution in [-0.4, -0.2) is 141 Å². The summed E-state index contributed by atoms with van der Waals surface area (Å²) in [4.78, 5) is 0. The maximum absolute atomic E-state index is 9.19. The zero-order valence-corrected chi connectivity index (χ0v) is 71.6. The van der Waals surface area contributed by atoms with Gasteiger partial charge in [-0.25, -0.2) is 0 Å². The van der Waals surface area contributed by atoms with Crippen molar-refractivity contribution in [3.05, 3.63) is 72.8 Å². The Morgan fingerprint density at radius 1 is 0.162 bits per heavy atom. The number of aromatic nitrogens is 6. The lowest BCUT2D eigenvalue weighted by Crippen LogP contribution is -2.03. The molecule has 21 heteroatoms. The van der Waals surface area contributed by atoms with Gasteiger partial charge in [-0.1, -0.05) is 270 Å². The zero-order valence-electron chi connectivity index (χ0n) is 71.6. The minimum absolute atomic E-state index is 0.225. The van der Waals surface area contributed by atoms with E-state index in [2.05, 4.69) is 30.6 Å². The molecule has 6 N–H and O–H groups in total. The summed E-state index contributed by atoms with van der Waals surface area (Å²) in [5.41, 5.74) is 3.63. The lowest BCUT2D eigenvalue weighted by Gasteiger charge is -2.14. The number of aliphatic hydroxyl groups excluding tert-OH is 6. The van der Waals surface area contributed by atoms with Crippen LogP contribution >= 0.6 is 0 Å². The molecule has 0 aliphatic carbocycles. The van der Waals surface area contributed by atoms with Gasteiger partial charge in [0.2, 0.25) is 35.3 Å². The molecule has 117 heavy (non-hydrogen) atoms. The Bertz CT molecular complexity index is 3190. The predicted molar refractivity (Wildman–Crippen MR) is 467 cm³/mol. The van der Waals surface area contributed by atoms with Crippen LogP contribution in [0.5, 0.6) is 34.5 Å². The van der Waals surface area contributed by atoms with Gasteiger partial charge >= 0.3 is 0 Å². The van der Waals surface area contributed by atoms with E-state index in [-0.39, 0.29) is 75.0 Å². The summed E-state index contributed by atoms with van der Waals surface area (Å²) in [5, 5.41) is 83.0. The van der Waals surface area contributed by atoms with E-state index in [0.29, 0.717) is 108 Å². The van der Waals surface area contributed by atoms with Crippen molar-refractivity contribution in [2.75, 3.05) is 79.3 Å². The highest BCUT2D eigenvalue weighted by atomic mass is 16.5. The molecule has 0 spiro atoms. The van der Waals surface area contributed by atoms with Crippen LogP contribution in [0.2, 0.25) is 0 Å². The number of benzene rings is 4. The highest BCUT2D eigenvalue weighted by Gasteiger charge is 2.23. The van der Waals surface area contributed by atoms with Crippen molar-refractivity contribution in [1.29, 1.82) is 0 Å². The first-order valence-electron chi connectivity index (χ1n) is 46.5. The average molecular weight is 1630 g/mol. The molecular weight excluding hydrogens is 1480 g/mol. The van der Waals surface area contributed by atoms with Crippen LogP contribution in [0.4, 0.5) is 0 Å². The number of rotatable bonds is 78. The topological polar surface area (TPSA) is 294 Å². The summed E-state index contributed by atoms with van der Waals surface area (Å²) in [6.45, 7) is 4.93. The molecule has 21 nitrogen and oxygen atoms in total. The van der Waals surface area contributed by atoms with Gasteiger partial charge in [-0.05, 0) is 150 Å². The number of aliphatic hydroxyl groups is 6. The highest BCUT2D eigenvalue weighted by Crippen LogP contribution is 2.40. The van der Waals surface area contributed by atoms with E-state index in [9.17, 15) is 15.3 Å². The minimum atomic E-state index is 0.225. The number of unbranched alkanes of at least 4 members (excludes halogenated alkanes) is 48. The van der Waals surface area contributed by atoms with Crippen LogP contribution in [0.3, 0.4) is 0 Å². The van der Waals surface area contributed by atoms with E-state index in [1.807, 2.05) is 72.8 Å². The van der Waals surface area contributed by atoms with Crippen molar-refractivity contribution < 1.29 is 72.3 Å². The first-order chi connectivity index (χ1) is 57.9. The van der Waals surface area contributed by atoms with E-state index in [1.165, 1.54) is 154 Å². The Hall–Kier alpha value is -7.14. The van der Waals surface area contributed by atoms with Gasteiger partial charge in [0.05, 0.1) is 39.6 Å². The van der Waals surface area contributed by atoms with E-state index in [4.69, 9.17) is 57.0 Å². The molecule has 3 heterocycles. The van der Waals surface area contributed by atoms with E-state index < -0.39 is 0 Å². The lowest BCUT2D eigenvalue weighted by molar-refractivity contribution is 0.258. The molecule has 7 aromatic rings. The van der Waals surface area contributed by atoms with E-state index >= 15 is 0 Å². The zero-order chi connectivity index (χ0) is 82.2. The second kappa shape index (κ2) is 64.7. The molecule has 0 amide bonds. The van der Waals surface area contributed by atoms with Crippen molar-refractivity contribution in [2.24, 2.45) is 0 Å². The molecule has 0 atom stereocenters. The van der Waals surface area contributed by atoms with Gasteiger partial charge in [0.25, 0.3) is 0 Å². The van der Waals surface area contributed by atoms with Crippen LogP contribution < -0.4 is 28.4 Å². The van der Waals surface area contributed by atoms with Gasteiger partial charge in [0, 0.05) is 73.0 Å². The SMILES string of the molecule is OCCCCCCCCCCCOc1ccc(-c2nnc(-c3cc(-c4nnc(-c5ccc(OCCCCCCCCCCCO)c(OCCCCCCCCCCCO)c5)o4)cc(-c4nnc(-c5ccc(OCCCCCCCCCCCO)c(OCCCCCCCCCCCO)c5)o4)c3)o2)cc1OCCCCCCCCCCCO. The first kappa shape index (κ1) is 97.0. The Labute approximate surface area is 701 Å². The fraction of sp³-hybridized carbons (Fsp3) is 0.688. The number of nitrogens with zero attached hydrogens (tertiary/aromatic N) is 6. The van der Waals surface area contributed by atoms with E-state index in [0.717, 1.165) is 193 Å². The fourth-order valence-electron chi connectivity index (χ4n) is 14.8. The number of hydrogen-bond donors (Lipinski definition) is 6. The summed E-state index contributed by atoms with van der Waals surface area (Å²) < 4.78 is 59.1. The predicted octanol–water partition coefficient (Wildman–Crippen LogP) is 24.1. The summed E-state index contributed by atoms with van der Waals surface area (Å²) in [6, 6.07) is 23.1. The molecule has 0 aliphatic rings. The van der Waals surface area contributed by atoms with Crippen LogP contribution in [0.1, 0.15) is 347 Å². The second-order valence-electron chi connectivity index (χ2n) is 32.0. The Kier molecular flexibility index (Phi) is 53.7. The smallest absolute Gasteiger partial charge is 0.248 e. The van der Waals surface area contributed by atoms with Gasteiger partial charge in [-0.15, -0.1) is 30.6 Å². The van der Waals surface area contributed by atoms with E-state index in [1.54, 1.807) is 0 Å². The molecule has 654 valence electrons. The standard InChI is InChI=1S/C96H150N6O15/c103-61-43-31-19-7-1-13-25-37-49-67-109-85-58-55-79(76-88(85)112-70-52-40-28-16-4-10-22-34-46-64-106)91-97-100-94(115-91)82-73-83(95-101-98-92(116-95)80-56-59-86(110-68-50-38-26-14-2-8-20-32-44-62-104)89(77-80)113-71-53-41-29-17-5-11-23-35-47-65-107)75-84(74-82)96-102-99-93(117-96)81-57-60-87(111-69-51-39-27-15-3-9-21-33-45-63-105)90(78-81)114-72-54-42-30-18-6-12-24-36-48-66-108/h55-60,73-78,103-108H,1-54,61-72H2. The van der Waals surface area contributed by atoms with Crippen LogP contribution in [0.15, 0.2) is 86.0 Å². The molecule has 4 aromatic carbocycles. The fourth-order valence-corrected chi connectivity index (χ4v) is 14.8. The summed E-state index contributed by atoms with van der Waals surface area (Å²) >= 11 is 0. The molecular formula is C96H150N6O15. The van der Waals surface area contributed by atoms with Crippen LogP contribution in [0, 0.1) is 0 Å². The highest BCUT2D eigenvalue weighted by molar-refractivity contribution is 5.75. The third-order valence-electron chi connectivity index (χ3n) is 21.9. The molecule has 0 radical (unpaired) electrons. The normalized spacial score (nSPS) is 11.5. The van der Waals surface area contributed by atoms with Crippen LogP contribution in [-0.2, 0) is 0 Å². The van der Waals surface area contributed by atoms with Crippen molar-refractivity contribution in [1.82, 2.24) is 30.6 Å². The molecule has 0 aliphatic heterocycles. The molecule has 0 bridgehead atoms. The molecule has 0 saturated heterocycles. The first-order valence-corrected chi connectivity index (χ1v) is 46.5. The second-order valence-corrected chi connectivity index (χ2v) is 32.0.